The molecule has 0 radical (unpaired) electrons. The SMILES string of the molecule is CC(C)(C)OC(=O)N1C[C@@H](O)C[C@@H]1Cc1ccc(Cl)cc1.CCOC(C)=O.Cl.O[C@@H]1CN[C@@H](Cc2ccc(Cl)cc2)C1. The number of benzene rings is 2. The smallest absolute Gasteiger partial charge is 0.410 e. The summed E-state index contributed by atoms with van der Waals surface area (Å²) in [6, 6.07) is 15.8. The van der Waals surface area contributed by atoms with Crippen LogP contribution >= 0.6 is 35.6 Å². The molecule has 236 valence electrons. The number of nitrogens with zero attached hydrogens (tertiary/aromatic N) is 1. The first kappa shape index (κ1) is 38.0. The number of aliphatic hydroxyl groups excluding tert-OH is 2. The molecule has 0 saturated carbocycles. The molecule has 2 fully saturated rings. The molecule has 0 unspecified atom stereocenters. The van der Waals surface area contributed by atoms with Gasteiger partial charge in [0.05, 0.1) is 25.4 Å². The lowest BCUT2D eigenvalue weighted by molar-refractivity contribution is -0.140. The highest BCUT2D eigenvalue weighted by atomic mass is 35.5. The van der Waals surface area contributed by atoms with Crippen molar-refractivity contribution in [2.24, 2.45) is 0 Å². The number of carbonyl (C=O) groups excluding carboxylic acids is 2. The quantitative estimate of drug-likeness (QED) is 0.350. The minimum atomic E-state index is -0.532. The fourth-order valence-electron chi connectivity index (χ4n) is 4.58. The number of aliphatic hydroxyl groups is 2. The maximum absolute atomic E-state index is 12.2. The van der Waals surface area contributed by atoms with E-state index in [0.29, 0.717) is 37.1 Å². The standard InChI is InChI=1S/C16H22ClNO3.C11H14ClNO.C4H8O2.ClH/c1-16(2,3)21-15(20)18-10-14(19)9-13(18)8-11-4-6-12(17)7-5-11;12-9-3-1-8(2-4-9)5-10-6-11(14)7-13-10;1-3-6-4(2)5;/h4-7,13-14,19H,8-10H2,1-3H3;1-4,10-11,13-14H,5-7H2;3H2,1-2H3;1H/t13-,14-;10-,11-;;/m00../s1. The number of esters is 1. The molecule has 8 nitrogen and oxygen atoms in total. The number of nitrogens with one attached hydrogen (secondary N) is 1. The van der Waals surface area contributed by atoms with Crippen LogP contribution in [0.2, 0.25) is 10.0 Å². The summed E-state index contributed by atoms with van der Waals surface area (Å²) in [6.45, 7) is 10.2. The summed E-state index contributed by atoms with van der Waals surface area (Å²) in [7, 11) is 0. The zero-order valence-electron chi connectivity index (χ0n) is 25.0. The first-order chi connectivity index (χ1) is 19.3. The minimum Gasteiger partial charge on any atom is -0.466 e. The fourth-order valence-corrected chi connectivity index (χ4v) is 4.84. The number of likely N-dealkylation sites (tertiary alicyclic amines) is 1. The molecule has 42 heavy (non-hydrogen) atoms. The van der Waals surface area contributed by atoms with Crippen LogP contribution in [-0.2, 0) is 27.1 Å². The number of hydrogen-bond donors (Lipinski definition) is 3. The molecule has 2 saturated heterocycles. The highest BCUT2D eigenvalue weighted by molar-refractivity contribution is 6.30. The molecule has 11 heteroatoms. The molecule has 2 aliphatic heterocycles. The van der Waals surface area contributed by atoms with Gasteiger partial charge in [-0.1, -0.05) is 47.5 Å². The van der Waals surface area contributed by atoms with E-state index in [-0.39, 0.29) is 36.6 Å². The lowest BCUT2D eigenvalue weighted by Crippen LogP contribution is -2.41. The molecule has 3 N–H and O–H groups in total. The van der Waals surface area contributed by atoms with Crippen LogP contribution in [0.25, 0.3) is 0 Å². The second kappa shape index (κ2) is 18.6. The largest absolute Gasteiger partial charge is 0.466 e. The molecule has 2 aromatic carbocycles. The highest BCUT2D eigenvalue weighted by Crippen LogP contribution is 2.25. The summed E-state index contributed by atoms with van der Waals surface area (Å²) < 4.78 is 9.81. The minimum absolute atomic E-state index is 0. The molecular weight excluding hydrogens is 603 g/mol. The number of β-amino-alcohol motifs (C(OH)–C–C–N with tert-alkyl or cyclic N) is 2. The van der Waals surface area contributed by atoms with Crippen molar-refractivity contribution in [1.82, 2.24) is 10.2 Å². The van der Waals surface area contributed by atoms with E-state index >= 15 is 0 Å². The molecule has 0 aliphatic carbocycles. The van der Waals surface area contributed by atoms with E-state index in [0.717, 1.165) is 30.0 Å². The first-order valence-electron chi connectivity index (χ1n) is 14.0. The molecule has 0 spiro atoms. The van der Waals surface area contributed by atoms with Gasteiger partial charge >= 0.3 is 12.1 Å². The van der Waals surface area contributed by atoms with E-state index in [1.165, 1.54) is 12.5 Å². The molecule has 2 heterocycles. The van der Waals surface area contributed by atoms with Gasteiger partial charge in [0, 0.05) is 35.6 Å². The van der Waals surface area contributed by atoms with Gasteiger partial charge in [-0.05, 0) is 88.8 Å². The average molecular weight is 648 g/mol. The van der Waals surface area contributed by atoms with Crippen LogP contribution in [0.5, 0.6) is 0 Å². The Labute approximate surface area is 266 Å². The van der Waals surface area contributed by atoms with Crippen LogP contribution in [-0.4, -0.2) is 76.8 Å². The Hall–Kier alpha value is -2.07. The Morgan fingerprint density at radius 1 is 0.929 bits per heavy atom. The molecule has 4 atom stereocenters. The van der Waals surface area contributed by atoms with E-state index in [2.05, 4.69) is 10.1 Å². The van der Waals surface area contributed by atoms with Crippen LogP contribution in [0.4, 0.5) is 4.79 Å². The number of ether oxygens (including phenoxy) is 2. The van der Waals surface area contributed by atoms with Crippen molar-refractivity contribution in [2.75, 3.05) is 19.7 Å². The Kier molecular flexibility index (Phi) is 16.8. The normalized spacial score (nSPS) is 21.2. The first-order valence-corrected chi connectivity index (χ1v) is 14.7. The maximum Gasteiger partial charge on any atom is 0.410 e. The maximum atomic E-state index is 12.2. The summed E-state index contributed by atoms with van der Waals surface area (Å²) in [5, 5.41) is 24.0. The summed E-state index contributed by atoms with van der Waals surface area (Å²) in [4.78, 5) is 23.7. The van der Waals surface area contributed by atoms with Crippen molar-refractivity contribution in [3.05, 3.63) is 69.7 Å². The van der Waals surface area contributed by atoms with E-state index < -0.39 is 11.7 Å². The van der Waals surface area contributed by atoms with Gasteiger partial charge in [0.25, 0.3) is 0 Å². The van der Waals surface area contributed by atoms with Gasteiger partial charge in [-0.25, -0.2) is 4.79 Å². The monoisotopic (exact) mass is 646 g/mol. The Morgan fingerprint density at radius 3 is 1.86 bits per heavy atom. The van der Waals surface area contributed by atoms with Gasteiger partial charge < -0.3 is 29.9 Å². The third-order valence-corrected chi connectivity index (χ3v) is 6.85. The molecule has 2 aliphatic rings. The van der Waals surface area contributed by atoms with Crippen LogP contribution in [0.3, 0.4) is 0 Å². The van der Waals surface area contributed by atoms with Gasteiger partial charge in [0.2, 0.25) is 0 Å². The van der Waals surface area contributed by atoms with Crippen molar-refractivity contribution in [2.45, 2.75) is 90.2 Å². The molecular formula is C31H45Cl3N2O6. The Balaban J connectivity index is 0.000000362. The molecule has 4 rings (SSSR count). The third-order valence-electron chi connectivity index (χ3n) is 6.35. The van der Waals surface area contributed by atoms with Gasteiger partial charge in [-0.15, -0.1) is 12.4 Å². The number of halogens is 3. The summed E-state index contributed by atoms with van der Waals surface area (Å²) in [6.07, 6.45) is 2.05. The van der Waals surface area contributed by atoms with Crippen molar-refractivity contribution >= 4 is 47.7 Å². The lowest BCUT2D eigenvalue weighted by Gasteiger charge is -2.28. The number of rotatable bonds is 5. The van der Waals surface area contributed by atoms with E-state index in [1.54, 1.807) is 11.8 Å². The lowest BCUT2D eigenvalue weighted by atomic mass is 10.0. The zero-order valence-corrected chi connectivity index (χ0v) is 27.3. The average Bonchev–Trinajstić information content (AvgIpc) is 3.46. The van der Waals surface area contributed by atoms with E-state index in [4.69, 9.17) is 27.9 Å². The molecule has 2 aromatic rings. The molecule has 0 aromatic heterocycles. The van der Waals surface area contributed by atoms with Gasteiger partial charge in [-0.2, -0.15) is 0 Å². The van der Waals surface area contributed by atoms with Crippen LogP contribution in [0.15, 0.2) is 48.5 Å². The predicted octanol–water partition coefficient (Wildman–Crippen LogP) is 5.85. The van der Waals surface area contributed by atoms with Crippen LogP contribution < -0.4 is 5.32 Å². The van der Waals surface area contributed by atoms with Crippen molar-refractivity contribution in [3.8, 4) is 0 Å². The van der Waals surface area contributed by atoms with Gasteiger partial charge in [0.1, 0.15) is 5.60 Å². The Morgan fingerprint density at radius 2 is 1.45 bits per heavy atom. The van der Waals surface area contributed by atoms with Crippen molar-refractivity contribution in [3.63, 3.8) is 0 Å². The topological polar surface area (TPSA) is 108 Å². The molecule has 0 bridgehead atoms. The number of hydrogen-bond acceptors (Lipinski definition) is 7. The summed E-state index contributed by atoms with van der Waals surface area (Å²) in [5.74, 6) is -0.211. The number of amides is 1. The van der Waals surface area contributed by atoms with Crippen LogP contribution in [0.1, 0.15) is 58.6 Å². The van der Waals surface area contributed by atoms with Gasteiger partial charge in [-0.3, -0.25) is 4.79 Å². The van der Waals surface area contributed by atoms with Crippen LogP contribution in [0, 0.1) is 0 Å². The second-order valence-corrected chi connectivity index (χ2v) is 12.1. The predicted molar refractivity (Wildman–Crippen MR) is 170 cm³/mol. The van der Waals surface area contributed by atoms with E-state index in [9.17, 15) is 19.8 Å². The summed E-state index contributed by atoms with van der Waals surface area (Å²) in [5.41, 5.74) is 1.82. The van der Waals surface area contributed by atoms with Crippen molar-refractivity contribution in [1.29, 1.82) is 0 Å². The summed E-state index contributed by atoms with van der Waals surface area (Å²) >= 11 is 11.7. The fraction of sp³-hybridized carbons (Fsp3) is 0.548. The second-order valence-electron chi connectivity index (χ2n) is 11.3. The van der Waals surface area contributed by atoms with E-state index in [1.807, 2.05) is 69.3 Å². The van der Waals surface area contributed by atoms with Gasteiger partial charge in [0.15, 0.2) is 0 Å². The Bertz CT molecular complexity index is 1080. The molecule has 1 amide bonds. The highest BCUT2D eigenvalue weighted by Gasteiger charge is 2.36. The third kappa shape index (κ3) is 14.9. The van der Waals surface area contributed by atoms with Crippen molar-refractivity contribution < 1.29 is 29.3 Å². The number of carbonyl (C=O) groups is 2. The zero-order chi connectivity index (χ0) is 30.6.